The lowest BCUT2D eigenvalue weighted by molar-refractivity contribution is 0.554. The summed E-state index contributed by atoms with van der Waals surface area (Å²) >= 11 is 1.81. The Hall–Kier alpha value is -1.13. The van der Waals surface area contributed by atoms with Gasteiger partial charge in [0.25, 0.3) is 0 Å². The number of hydrogen-bond acceptors (Lipinski definition) is 4. The van der Waals surface area contributed by atoms with Gasteiger partial charge in [0.05, 0.1) is 5.52 Å². The second kappa shape index (κ2) is 6.87. The predicted octanol–water partition coefficient (Wildman–Crippen LogP) is 3.36. The average molecular weight is 275 g/mol. The largest absolute Gasteiger partial charge is 0.315 e. The predicted molar refractivity (Wildman–Crippen MR) is 82.6 cm³/mol. The van der Waals surface area contributed by atoms with E-state index in [9.17, 15) is 0 Å². The summed E-state index contributed by atoms with van der Waals surface area (Å²) in [5.41, 5.74) is 1.02. The van der Waals surface area contributed by atoms with Crippen LogP contribution in [-0.2, 0) is 0 Å². The third-order valence-corrected chi connectivity index (χ3v) is 3.92. The highest BCUT2D eigenvalue weighted by atomic mass is 32.2. The van der Waals surface area contributed by atoms with Crippen LogP contribution in [0.5, 0.6) is 0 Å². The van der Waals surface area contributed by atoms with Gasteiger partial charge >= 0.3 is 0 Å². The molecule has 4 heteroatoms. The highest BCUT2D eigenvalue weighted by Crippen LogP contribution is 2.27. The number of thioether (sulfide) groups is 1. The van der Waals surface area contributed by atoms with E-state index in [1.807, 2.05) is 30.0 Å². The lowest BCUT2D eigenvalue weighted by atomic mass is 10.2. The van der Waals surface area contributed by atoms with Crippen molar-refractivity contribution in [1.82, 2.24) is 15.3 Å². The van der Waals surface area contributed by atoms with Gasteiger partial charge < -0.3 is 5.32 Å². The van der Waals surface area contributed by atoms with E-state index in [0.29, 0.717) is 11.2 Å². The fraction of sp³-hybridized carbons (Fsp3) is 0.467. The summed E-state index contributed by atoms with van der Waals surface area (Å²) in [6.07, 6.45) is 1.65. The van der Waals surface area contributed by atoms with Crippen LogP contribution in [-0.4, -0.2) is 28.3 Å². The van der Waals surface area contributed by atoms with Crippen LogP contribution in [0.3, 0.4) is 0 Å². The van der Waals surface area contributed by atoms with Crippen LogP contribution in [0, 0.1) is 5.92 Å². The topological polar surface area (TPSA) is 37.8 Å². The molecule has 1 aromatic carbocycles. The average Bonchev–Trinajstić information content (AvgIpc) is 2.39. The van der Waals surface area contributed by atoms with E-state index in [1.165, 1.54) is 0 Å². The summed E-state index contributed by atoms with van der Waals surface area (Å²) in [6, 6.07) is 8.17. The number of benzene rings is 1. The molecule has 0 fully saturated rings. The highest BCUT2D eigenvalue weighted by Gasteiger charge is 2.09. The number of hydrogen-bond donors (Lipinski definition) is 1. The highest BCUT2D eigenvalue weighted by molar-refractivity contribution is 8.00. The zero-order chi connectivity index (χ0) is 13.7. The van der Waals surface area contributed by atoms with E-state index in [0.717, 1.165) is 29.0 Å². The number of aromatic nitrogens is 2. The minimum absolute atomic E-state index is 0.497. The third-order valence-electron chi connectivity index (χ3n) is 2.80. The Kier molecular flexibility index (Phi) is 5.16. The number of nitrogens with one attached hydrogen (secondary N) is 1. The molecule has 3 nitrogen and oxygen atoms in total. The molecule has 0 aliphatic rings. The minimum atomic E-state index is 0.497. The first kappa shape index (κ1) is 14.3. The van der Waals surface area contributed by atoms with Gasteiger partial charge in [0.2, 0.25) is 0 Å². The van der Waals surface area contributed by atoms with Gasteiger partial charge in [-0.05, 0) is 18.5 Å². The van der Waals surface area contributed by atoms with Crippen molar-refractivity contribution >= 4 is 22.7 Å². The van der Waals surface area contributed by atoms with Crippen molar-refractivity contribution in [2.45, 2.75) is 31.0 Å². The van der Waals surface area contributed by atoms with E-state index in [2.05, 4.69) is 42.1 Å². The van der Waals surface area contributed by atoms with Gasteiger partial charge in [-0.25, -0.2) is 9.97 Å². The molecule has 1 heterocycles. The van der Waals surface area contributed by atoms with Gasteiger partial charge in [0, 0.05) is 17.2 Å². The molecule has 1 atom stereocenters. The van der Waals surface area contributed by atoms with Crippen molar-refractivity contribution in [3.63, 3.8) is 0 Å². The van der Waals surface area contributed by atoms with E-state index in [1.54, 1.807) is 6.33 Å². The van der Waals surface area contributed by atoms with Gasteiger partial charge in [-0.2, -0.15) is 0 Å². The van der Waals surface area contributed by atoms with Crippen molar-refractivity contribution in [3.05, 3.63) is 30.6 Å². The molecule has 0 bridgehead atoms. The van der Waals surface area contributed by atoms with E-state index < -0.39 is 0 Å². The molecule has 19 heavy (non-hydrogen) atoms. The molecule has 0 aliphatic heterocycles. The number of fused-ring (bicyclic) bond motifs is 1. The number of rotatable bonds is 6. The van der Waals surface area contributed by atoms with Crippen LogP contribution in [0.4, 0.5) is 0 Å². The second-order valence-electron chi connectivity index (χ2n) is 5.18. The van der Waals surface area contributed by atoms with Crippen LogP contribution in [0.2, 0.25) is 0 Å². The summed E-state index contributed by atoms with van der Waals surface area (Å²) in [7, 11) is 0. The molecular weight excluding hydrogens is 254 g/mol. The first-order valence-corrected chi connectivity index (χ1v) is 7.62. The third kappa shape index (κ3) is 4.18. The fourth-order valence-electron chi connectivity index (χ4n) is 1.88. The van der Waals surface area contributed by atoms with Gasteiger partial charge in [-0.15, -0.1) is 11.8 Å². The minimum Gasteiger partial charge on any atom is -0.315 e. The summed E-state index contributed by atoms with van der Waals surface area (Å²) in [4.78, 5) is 8.71. The van der Waals surface area contributed by atoms with E-state index >= 15 is 0 Å². The molecule has 2 aromatic rings. The quantitative estimate of drug-likeness (QED) is 0.648. The van der Waals surface area contributed by atoms with Crippen molar-refractivity contribution in [3.8, 4) is 0 Å². The first-order valence-electron chi connectivity index (χ1n) is 6.74. The molecule has 1 aromatic heterocycles. The smallest absolute Gasteiger partial charge is 0.117 e. The molecule has 0 radical (unpaired) electrons. The Morgan fingerprint density at radius 2 is 1.89 bits per heavy atom. The van der Waals surface area contributed by atoms with Crippen LogP contribution in [0.1, 0.15) is 20.8 Å². The van der Waals surface area contributed by atoms with E-state index in [4.69, 9.17) is 0 Å². The lowest BCUT2D eigenvalue weighted by Crippen LogP contribution is -2.26. The van der Waals surface area contributed by atoms with Crippen LogP contribution >= 0.6 is 11.8 Å². The Bertz CT molecular complexity index is 522. The van der Waals surface area contributed by atoms with E-state index in [-0.39, 0.29) is 0 Å². The molecule has 0 aliphatic carbocycles. The molecule has 2 rings (SSSR count). The maximum Gasteiger partial charge on any atom is 0.117 e. The Labute approximate surface area is 119 Å². The molecule has 1 N–H and O–H groups in total. The first-order chi connectivity index (χ1) is 9.16. The van der Waals surface area contributed by atoms with Crippen molar-refractivity contribution in [2.24, 2.45) is 5.92 Å². The van der Waals surface area contributed by atoms with Gasteiger partial charge in [-0.3, -0.25) is 0 Å². The molecule has 102 valence electrons. The Morgan fingerprint density at radius 3 is 2.68 bits per heavy atom. The fourth-order valence-corrected chi connectivity index (χ4v) is 2.87. The SMILES string of the molecule is CC(C)CNCC(C)Sc1ncnc2ccccc12. The monoisotopic (exact) mass is 275 g/mol. The summed E-state index contributed by atoms with van der Waals surface area (Å²) in [5.74, 6) is 0.692. The van der Waals surface area contributed by atoms with Gasteiger partial charge in [0.1, 0.15) is 11.4 Å². The molecule has 0 saturated heterocycles. The van der Waals surface area contributed by atoms with Gasteiger partial charge in [0.15, 0.2) is 0 Å². The standard InChI is InChI=1S/C15H21N3S/c1-11(2)8-16-9-12(3)19-15-13-6-4-5-7-14(13)17-10-18-15/h4-7,10-12,16H,8-9H2,1-3H3. The van der Waals surface area contributed by atoms with Crippen LogP contribution in [0.15, 0.2) is 35.6 Å². The molecule has 0 saturated carbocycles. The zero-order valence-electron chi connectivity index (χ0n) is 11.8. The lowest BCUT2D eigenvalue weighted by Gasteiger charge is -2.14. The van der Waals surface area contributed by atoms with Crippen molar-refractivity contribution in [2.75, 3.05) is 13.1 Å². The Balaban J connectivity index is 2.00. The Morgan fingerprint density at radius 1 is 1.11 bits per heavy atom. The maximum absolute atomic E-state index is 4.41. The number of nitrogens with zero attached hydrogens (tertiary/aromatic N) is 2. The summed E-state index contributed by atoms with van der Waals surface area (Å²) in [5, 5.41) is 6.20. The van der Waals surface area contributed by atoms with Crippen molar-refractivity contribution < 1.29 is 0 Å². The van der Waals surface area contributed by atoms with Crippen LogP contribution < -0.4 is 5.32 Å². The van der Waals surface area contributed by atoms with Crippen molar-refractivity contribution in [1.29, 1.82) is 0 Å². The molecule has 0 amide bonds. The summed E-state index contributed by atoms with van der Waals surface area (Å²) in [6.45, 7) is 8.75. The second-order valence-corrected chi connectivity index (χ2v) is 6.60. The molecule has 0 spiro atoms. The maximum atomic E-state index is 4.41. The molecular formula is C15H21N3S. The van der Waals surface area contributed by atoms with Gasteiger partial charge in [-0.1, -0.05) is 39.0 Å². The van der Waals surface area contributed by atoms with Crippen LogP contribution in [0.25, 0.3) is 10.9 Å². The molecule has 1 unspecified atom stereocenters. The number of para-hydroxylation sites is 1. The summed E-state index contributed by atoms with van der Waals surface area (Å²) < 4.78 is 0. The zero-order valence-corrected chi connectivity index (χ0v) is 12.6. The normalized spacial score (nSPS) is 13.1.